The molecule has 1 aromatic carbocycles. The first-order valence-corrected chi connectivity index (χ1v) is 7.89. The lowest BCUT2D eigenvalue weighted by Gasteiger charge is -2.23. The molecule has 3 rings (SSSR count). The monoisotopic (exact) mass is 307 g/mol. The molecular formula is C20H23N2O+. The van der Waals surface area contributed by atoms with Crippen molar-refractivity contribution >= 4 is 17.2 Å². The maximum atomic E-state index is 12.2. The Bertz CT molecular complexity index is 807. The Kier molecular flexibility index (Phi) is 3.59. The van der Waals surface area contributed by atoms with Gasteiger partial charge in [-0.05, 0) is 23.8 Å². The molecule has 0 unspecified atom stereocenters. The Balaban J connectivity index is 2.06. The van der Waals surface area contributed by atoms with Crippen LogP contribution in [-0.2, 0) is 10.2 Å². The van der Waals surface area contributed by atoms with Gasteiger partial charge in [0, 0.05) is 42.9 Å². The number of carbonyl (C=O) groups is 1. The molecule has 3 nitrogen and oxygen atoms in total. The number of hydrogen-bond donors (Lipinski definition) is 0. The first-order chi connectivity index (χ1) is 10.8. The van der Waals surface area contributed by atoms with Gasteiger partial charge in [-0.15, -0.1) is 0 Å². The Labute approximate surface area is 137 Å². The van der Waals surface area contributed by atoms with Crippen LogP contribution in [0.1, 0.15) is 26.3 Å². The highest BCUT2D eigenvalue weighted by Gasteiger charge is 2.38. The summed E-state index contributed by atoms with van der Waals surface area (Å²) in [6.45, 7) is 6.46. The van der Waals surface area contributed by atoms with E-state index >= 15 is 0 Å². The molecule has 0 aromatic heterocycles. The number of anilines is 1. The number of benzene rings is 1. The molecule has 0 atom stereocenters. The normalized spacial score (nSPS) is 23.2. The van der Waals surface area contributed by atoms with Crippen LogP contribution < -0.4 is 4.90 Å². The minimum Gasteiger partial charge on any atom is -0.347 e. The number of rotatable bonds is 1. The number of para-hydroxylation sites is 1. The third-order valence-corrected chi connectivity index (χ3v) is 4.96. The number of carbonyl (C=O) groups excluding carboxylic acids is 1. The van der Waals surface area contributed by atoms with E-state index in [1.165, 1.54) is 16.9 Å². The fourth-order valence-corrected chi connectivity index (χ4v) is 3.40. The molecule has 0 radical (unpaired) electrons. The Morgan fingerprint density at radius 2 is 1.83 bits per heavy atom. The summed E-state index contributed by atoms with van der Waals surface area (Å²) in [6, 6.07) is 8.47. The Morgan fingerprint density at radius 3 is 2.52 bits per heavy atom. The van der Waals surface area contributed by atoms with Gasteiger partial charge in [0.2, 0.25) is 5.78 Å². The maximum Gasteiger partial charge on any atom is 0.253 e. The minimum absolute atomic E-state index is 0.0471. The van der Waals surface area contributed by atoms with Crippen molar-refractivity contribution < 1.29 is 9.37 Å². The molecule has 23 heavy (non-hydrogen) atoms. The van der Waals surface area contributed by atoms with E-state index in [9.17, 15) is 4.79 Å². The molecule has 118 valence electrons. The van der Waals surface area contributed by atoms with Crippen molar-refractivity contribution in [3.05, 3.63) is 65.5 Å². The van der Waals surface area contributed by atoms with Gasteiger partial charge >= 0.3 is 0 Å². The first-order valence-electron chi connectivity index (χ1n) is 7.89. The summed E-state index contributed by atoms with van der Waals surface area (Å²) < 4.78 is 1.94. The summed E-state index contributed by atoms with van der Waals surface area (Å²) in [5, 5.41) is 0. The average molecular weight is 307 g/mol. The summed E-state index contributed by atoms with van der Waals surface area (Å²) >= 11 is 0. The zero-order valence-corrected chi connectivity index (χ0v) is 14.4. The van der Waals surface area contributed by atoms with Gasteiger partial charge in [-0.2, -0.15) is 4.58 Å². The number of allylic oxidation sites excluding steroid dienone is 5. The van der Waals surface area contributed by atoms with Crippen molar-refractivity contribution in [3.8, 4) is 0 Å². The molecule has 2 aliphatic rings. The Morgan fingerprint density at radius 1 is 1.13 bits per heavy atom. The lowest BCUT2D eigenvalue weighted by molar-refractivity contribution is -0.437. The summed E-state index contributed by atoms with van der Waals surface area (Å²) in [4.78, 5) is 14.4. The number of fused-ring (bicyclic) bond motifs is 1. The van der Waals surface area contributed by atoms with E-state index in [0.29, 0.717) is 5.70 Å². The minimum atomic E-state index is -0.0761. The molecule has 0 saturated heterocycles. The van der Waals surface area contributed by atoms with Crippen LogP contribution in [-0.4, -0.2) is 30.2 Å². The molecule has 0 aliphatic carbocycles. The van der Waals surface area contributed by atoms with Crippen LogP contribution in [0.5, 0.6) is 0 Å². The fraction of sp³-hybridized carbons (Fsp3) is 0.300. The van der Waals surface area contributed by atoms with Crippen molar-refractivity contribution in [3.63, 3.8) is 0 Å². The highest BCUT2D eigenvalue weighted by atomic mass is 16.1. The van der Waals surface area contributed by atoms with Crippen LogP contribution in [0, 0.1) is 0 Å². The van der Waals surface area contributed by atoms with Crippen LogP contribution in [0.3, 0.4) is 0 Å². The molecule has 0 N–H and O–H groups in total. The van der Waals surface area contributed by atoms with Gasteiger partial charge in [0.15, 0.2) is 5.71 Å². The molecule has 0 spiro atoms. The number of nitrogens with zero attached hydrogens (tertiary/aromatic N) is 2. The molecule has 0 bridgehead atoms. The average Bonchev–Trinajstić information content (AvgIpc) is 2.72. The van der Waals surface area contributed by atoms with Crippen molar-refractivity contribution in [2.45, 2.75) is 26.2 Å². The van der Waals surface area contributed by atoms with E-state index in [2.05, 4.69) is 56.1 Å². The lowest BCUT2D eigenvalue weighted by atomic mass is 9.83. The molecule has 3 heteroatoms. The van der Waals surface area contributed by atoms with Crippen molar-refractivity contribution in [1.82, 2.24) is 0 Å². The van der Waals surface area contributed by atoms with Gasteiger partial charge in [-0.25, -0.2) is 0 Å². The molecule has 2 aliphatic heterocycles. The SMILES string of the molecule is CC1=[N+](C)/C(=C/C=C2/N(C)c3ccccc3C2(C)C)C(=O)C=C1. The fourth-order valence-electron chi connectivity index (χ4n) is 3.40. The zero-order valence-electron chi connectivity index (χ0n) is 14.4. The van der Waals surface area contributed by atoms with Gasteiger partial charge in [0.05, 0.1) is 0 Å². The highest BCUT2D eigenvalue weighted by Crippen LogP contribution is 2.46. The van der Waals surface area contributed by atoms with Crippen LogP contribution in [0.15, 0.2) is 60.0 Å². The second kappa shape index (κ2) is 5.34. The Hall–Kier alpha value is -2.42. The highest BCUT2D eigenvalue weighted by molar-refractivity contribution is 6.09. The number of ketones is 1. The summed E-state index contributed by atoms with van der Waals surface area (Å²) in [5.41, 5.74) is 5.44. The van der Waals surface area contributed by atoms with Crippen molar-refractivity contribution in [2.75, 3.05) is 19.0 Å². The van der Waals surface area contributed by atoms with E-state index < -0.39 is 0 Å². The largest absolute Gasteiger partial charge is 0.347 e. The van der Waals surface area contributed by atoms with E-state index in [0.717, 1.165) is 5.71 Å². The number of hydrogen-bond acceptors (Lipinski definition) is 2. The molecular weight excluding hydrogens is 284 g/mol. The third-order valence-electron chi connectivity index (χ3n) is 4.96. The maximum absolute atomic E-state index is 12.2. The van der Waals surface area contributed by atoms with Gasteiger partial charge in [0.1, 0.15) is 7.05 Å². The van der Waals surface area contributed by atoms with E-state index in [-0.39, 0.29) is 11.2 Å². The van der Waals surface area contributed by atoms with Crippen LogP contribution in [0.2, 0.25) is 0 Å². The van der Waals surface area contributed by atoms with E-state index in [4.69, 9.17) is 0 Å². The van der Waals surface area contributed by atoms with Crippen molar-refractivity contribution in [1.29, 1.82) is 0 Å². The lowest BCUT2D eigenvalue weighted by Crippen LogP contribution is -2.24. The molecule has 0 fully saturated rings. The summed E-state index contributed by atoms with van der Waals surface area (Å²) in [5.74, 6) is 0.0471. The third kappa shape index (κ3) is 2.37. The quantitative estimate of drug-likeness (QED) is 0.586. The predicted octanol–water partition coefficient (Wildman–Crippen LogP) is 3.42. The van der Waals surface area contributed by atoms with Gasteiger partial charge < -0.3 is 4.90 Å². The predicted molar refractivity (Wildman–Crippen MR) is 95.0 cm³/mol. The van der Waals surface area contributed by atoms with Crippen LogP contribution >= 0.6 is 0 Å². The molecule has 2 heterocycles. The summed E-state index contributed by atoms with van der Waals surface area (Å²) in [7, 11) is 4.01. The topological polar surface area (TPSA) is 23.3 Å². The molecule has 0 saturated carbocycles. The van der Waals surface area contributed by atoms with Crippen LogP contribution in [0.25, 0.3) is 0 Å². The standard InChI is InChI=1S/C20H23N2O/c1-14-10-12-18(23)17(21(14)4)11-13-19-20(2,3)15-8-6-7-9-16(15)22(19)5/h6-13H,1-5H3/q+1/b17-11+,19-13+. The van der Waals surface area contributed by atoms with E-state index in [1.54, 1.807) is 6.08 Å². The van der Waals surface area contributed by atoms with Gasteiger partial charge in [0.25, 0.3) is 5.70 Å². The molecule has 1 aromatic rings. The number of likely N-dealkylation sites (N-methyl/N-ethyl adjacent to an activating group) is 2. The van der Waals surface area contributed by atoms with Crippen LogP contribution in [0.4, 0.5) is 5.69 Å². The second-order valence-electron chi connectivity index (χ2n) is 6.70. The van der Waals surface area contributed by atoms with Gasteiger partial charge in [-0.1, -0.05) is 32.0 Å². The zero-order chi connectivity index (χ0) is 16.8. The van der Waals surface area contributed by atoms with Gasteiger partial charge in [-0.3, -0.25) is 4.79 Å². The first kappa shape index (κ1) is 15.5. The van der Waals surface area contributed by atoms with E-state index in [1.807, 2.05) is 30.7 Å². The molecule has 0 amide bonds. The second-order valence-corrected chi connectivity index (χ2v) is 6.70. The summed E-state index contributed by atoms with van der Waals surface area (Å²) in [6.07, 6.45) is 7.51. The smallest absolute Gasteiger partial charge is 0.253 e. The van der Waals surface area contributed by atoms with Crippen molar-refractivity contribution in [2.24, 2.45) is 0 Å².